The summed E-state index contributed by atoms with van der Waals surface area (Å²) in [4.78, 5) is 26.5. The van der Waals surface area contributed by atoms with E-state index in [0.29, 0.717) is 11.8 Å². The highest BCUT2D eigenvalue weighted by molar-refractivity contribution is 7.16. The Hall–Kier alpha value is -1.62. The van der Waals surface area contributed by atoms with Crippen molar-refractivity contribution in [2.24, 2.45) is 11.8 Å². The number of nitrogens with zero attached hydrogens (tertiary/aromatic N) is 2. The van der Waals surface area contributed by atoms with Crippen molar-refractivity contribution in [1.82, 2.24) is 9.47 Å². The number of amides is 1. The zero-order chi connectivity index (χ0) is 15.0. The van der Waals surface area contributed by atoms with Crippen molar-refractivity contribution in [1.29, 1.82) is 0 Å². The second-order valence-corrected chi connectivity index (χ2v) is 7.16. The number of para-hydroxylation sites is 1. The molecule has 1 aliphatic heterocycles. The Balaban J connectivity index is 1.83. The van der Waals surface area contributed by atoms with Crippen molar-refractivity contribution in [3.05, 3.63) is 33.9 Å². The van der Waals surface area contributed by atoms with E-state index in [1.54, 1.807) is 4.57 Å². The van der Waals surface area contributed by atoms with E-state index < -0.39 is 0 Å². The van der Waals surface area contributed by atoms with Gasteiger partial charge < -0.3 is 4.90 Å². The molecule has 2 unspecified atom stereocenters. The second-order valence-electron chi connectivity index (χ2n) is 6.17. The lowest BCUT2D eigenvalue weighted by atomic mass is 9.92. The van der Waals surface area contributed by atoms with E-state index in [0.717, 1.165) is 23.3 Å². The molecule has 112 valence electrons. The van der Waals surface area contributed by atoms with Gasteiger partial charge in [-0.25, -0.2) is 0 Å². The first-order valence-corrected chi connectivity index (χ1v) is 8.22. The van der Waals surface area contributed by atoms with E-state index in [-0.39, 0.29) is 17.3 Å². The molecular formula is C16H20N2O2S. The molecule has 4 nitrogen and oxygen atoms in total. The van der Waals surface area contributed by atoms with Crippen molar-refractivity contribution in [2.45, 2.75) is 26.8 Å². The third-order valence-corrected chi connectivity index (χ3v) is 5.05. The third-order valence-electron chi connectivity index (χ3n) is 4.09. The lowest BCUT2D eigenvalue weighted by Crippen LogP contribution is -2.44. The molecule has 0 N–H and O–H groups in total. The van der Waals surface area contributed by atoms with E-state index in [1.165, 1.54) is 17.8 Å². The highest BCUT2D eigenvalue weighted by atomic mass is 32.1. The summed E-state index contributed by atoms with van der Waals surface area (Å²) in [6.45, 7) is 6.13. The van der Waals surface area contributed by atoms with E-state index >= 15 is 0 Å². The first-order valence-electron chi connectivity index (χ1n) is 7.40. The van der Waals surface area contributed by atoms with Gasteiger partial charge in [0.1, 0.15) is 6.54 Å². The molecule has 0 bridgehead atoms. The van der Waals surface area contributed by atoms with Crippen LogP contribution in [0.1, 0.15) is 20.3 Å². The number of piperidine rings is 1. The fourth-order valence-corrected chi connectivity index (χ4v) is 4.16. The second kappa shape index (κ2) is 5.64. The molecule has 0 radical (unpaired) electrons. The lowest BCUT2D eigenvalue weighted by Gasteiger charge is -2.35. The summed E-state index contributed by atoms with van der Waals surface area (Å²) in [5, 5.41) is 0. The predicted octanol–water partition coefficient (Wildman–Crippen LogP) is 2.57. The van der Waals surface area contributed by atoms with Crippen LogP contribution in [0, 0.1) is 11.8 Å². The number of hydrogen-bond donors (Lipinski definition) is 0. The Labute approximate surface area is 128 Å². The fourth-order valence-electron chi connectivity index (χ4n) is 3.27. The van der Waals surface area contributed by atoms with Crippen molar-refractivity contribution in [2.75, 3.05) is 13.1 Å². The van der Waals surface area contributed by atoms with Crippen LogP contribution in [0.5, 0.6) is 0 Å². The number of thiazole rings is 1. The molecule has 2 atom stereocenters. The summed E-state index contributed by atoms with van der Waals surface area (Å²) >= 11 is 1.21. The van der Waals surface area contributed by atoms with Gasteiger partial charge in [0.2, 0.25) is 5.91 Å². The Morgan fingerprint density at radius 2 is 1.90 bits per heavy atom. The highest BCUT2D eigenvalue weighted by Gasteiger charge is 2.26. The Morgan fingerprint density at radius 1 is 1.24 bits per heavy atom. The Morgan fingerprint density at radius 3 is 2.62 bits per heavy atom. The number of carbonyl (C=O) groups is 1. The standard InChI is InChI=1S/C16H20N2O2S/c1-11-7-12(2)9-17(8-11)15(19)10-18-13-5-3-4-6-14(13)21-16(18)20/h3-6,11-12H,7-10H2,1-2H3. The molecule has 1 saturated heterocycles. The number of benzene rings is 1. The SMILES string of the molecule is CC1CC(C)CN(C(=O)Cn2c(=O)sc3ccccc32)C1. The van der Waals surface area contributed by atoms with E-state index in [4.69, 9.17) is 0 Å². The van der Waals surface area contributed by atoms with Gasteiger partial charge in [-0.05, 0) is 30.4 Å². The molecule has 5 heteroatoms. The van der Waals surface area contributed by atoms with Gasteiger partial charge in [0.15, 0.2) is 0 Å². The molecule has 0 spiro atoms. The van der Waals surface area contributed by atoms with Gasteiger partial charge in [-0.2, -0.15) is 0 Å². The van der Waals surface area contributed by atoms with Crippen LogP contribution in [0.25, 0.3) is 10.2 Å². The average molecular weight is 304 g/mol. The minimum absolute atomic E-state index is 0.0531. The quantitative estimate of drug-likeness (QED) is 0.856. The van der Waals surface area contributed by atoms with Crippen LogP contribution in [0.3, 0.4) is 0 Å². The summed E-state index contributed by atoms with van der Waals surface area (Å²) < 4.78 is 2.54. The van der Waals surface area contributed by atoms with Crippen LogP contribution in [-0.4, -0.2) is 28.5 Å². The highest BCUT2D eigenvalue weighted by Crippen LogP contribution is 2.22. The monoisotopic (exact) mass is 304 g/mol. The largest absolute Gasteiger partial charge is 0.341 e. The lowest BCUT2D eigenvalue weighted by molar-refractivity contribution is -0.134. The number of rotatable bonds is 2. The number of hydrogen-bond acceptors (Lipinski definition) is 3. The molecule has 2 aromatic rings. The number of aromatic nitrogens is 1. The van der Waals surface area contributed by atoms with E-state index in [1.807, 2.05) is 29.2 Å². The van der Waals surface area contributed by atoms with Gasteiger partial charge in [0.25, 0.3) is 0 Å². The molecule has 0 aliphatic carbocycles. The average Bonchev–Trinajstić information content (AvgIpc) is 2.74. The topological polar surface area (TPSA) is 42.3 Å². The van der Waals surface area contributed by atoms with Gasteiger partial charge in [0.05, 0.1) is 10.2 Å². The van der Waals surface area contributed by atoms with Gasteiger partial charge in [-0.15, -0.1) is 0 Å². The first-order chi connectivity index (χ1) is 10.0. The molecule has 1 amide bonds. The van der Waals surface area contributed by atoms with Crippen molar-refractivity contribution in [3.63, 3.8) is 0 Å². The fraction of sp³-hybridized carbons (Fsp3) is 0.500. The zero-order valence-corrected chi connectivity index (χ0v) is 13.2. The summed E-state index contributed by atoms with van der Waals surface area (Å²) in [7, 11) is 0. The maximum Gasteiger partial charge on any atom is 0.308 e. The van der Waals surface area contributed by atoms with Gasteiger partial charge in [0, 0.05) is 13.1 Å². The molecule has 3 rings (SSSR count). The predicted molar refractivity (Wildman–Crippen MR) is 85.6 cm³/mol. The Kier molecular flexibility index (Phi) is 3.85. The van der Waals surface area contributed by atoms with Gasteiger partial charge in [-0.3, -0.25) is 14.2 Å². The third kappa shape index (κ3) is 2.88. The van der Waals surface area contributed by atoms with Crippen molar-refractivity contribution < 1.29 is 4.79 Å². The number of fused-ring (bicyclic) bond motifs is 1. The van der Waals surface area contributed by atoms with Gasteiger partial charge >= 0.3 is 4.87 Å². The minimum atomic E-state index is -0.0531. The van der Waals surface area contributed by atoms with Crippen LogP contribution >= 0.6 is 11.3 Å². The molecule has 0 saturated carbocycles. The van der Waals surface area contributed by atoms with Crippen LogP contribution < -0.4 is 4.87 Å². The van der Waals surface area contributed by atoms with Crippen LogP contribution in [0.4, 0.5) is 0 Å². The van der Waals surface area contributed by atoms with Crippen LogP contribution in [-0.2, 0) is 11.3 Å². The van der Waals surface area contributed by atoms with Crippen molar-refractivity contribution in [3.8, 4) is 0 Å². The van der Waals surface area contributed by atoms with Crippen LogP contribution in [0.2, 0.25) is 0 Å². The summed E-state index contributed by atoms with van der Waals surface area (Å²) in [5.41, 5.74) is 0.860. The maximum atomic E-state index is 12.5. The zero-order valence-electron chi connectivity index (χ0n) is 12.4. The van der Waals surface area contributed by atoms with Crippen LogP contribution in [0.15, 0.2) is 29.1 Å². The summed E-state index contributed by atoms with van der Waals surface area (Å²) in [5.74, 6) is 1.13. The number of carbonyl (C=O) groups excluding carboxylic acids is 1. The molecule has 1 fully saturated rings. The smallest absolute Gasteiger partial charge is 0.308 e. The first kappa shape index (κ1) is 14.3. The Bertz CT molecular complexity index is 708. The molecule has 2 heterocycles. The molecule has 21 heavy (non-hydrogen) atoms. The maximum absolute atomic E-state index is 12.5. The number of likely N-dealkylation sites (tertiary alicyclic amines) is 1. The molecule has 1 aromatic heterocycles. The summed E-state index contributed by atoms with van der Waals surface area (Å²) in [6.07, 6.45) is 1.17. The molecule has 1 aliphatic rings. The van der Waals surface area contributed by atoms with E-state index in [2.05, 4.69) is 13.8 Å². The van der Waals surface area contributed by atoms with E-state index in [9.17, 15) is 9.59 Å². The molecule has 1 aromatic carbocycles. The normalized spacial score (nSPS) is 22.7. The van der Waals surface area contributed by atoms with Crippen molar-refractivity contribution >= 4 is 27.5 Å². The van der Waals surface area contributed by atoms with Gasteiger partial charge in [-0.1, -0.05) is 37.3 Å². The minimum Gasteiger partial charge on any atom is -0.341 e. The summed E-state index contributed by atoms with van der Waals surface area (Å²) in [6, 6.07) is 7.65. The molecular weight excluding hydrogens is 284 g/mol.